The summed E-state index contributed by atoms with van der Waals surface area (Å²) in [6.07, 6.45) is 0. The van der Waals surface area contributed by atoms with Crippen LogP contribution in [-0.4, -0.2) is 26.8 Å². The number of fused-ring (bicyclic) bond motifs is 4. The maximum Gasteiger partial charge on any atom is 0.337 e. The summed E-state index contributed by atoms with van der Waals surface area (Å²) < 4.78 is 17.5. The van der Waals surface area contributed by atoms with Gasteiger partial charge in [0.2, 0.25) is 0 Å². The van der Waals surface area contributed by atoms with Crippen LogP contribution in [0.25, 0.3) is 0 Å². The fourth-order valence-electron chi connectivity index (χ4n) is 4.23. The Labute approximate surface area is 167 Å². The molecule has 27 heavy (non-hydrogen) atoms. The smallest absolute Gasteiger partial charge is 0.337 e. The minimum atomic E-state index is -0.324. The van der Waals surface area contributed by atoms with Crippen LogP contribution in [0.4, 0.5) is 5.69 Å². The number of hydrogen-bond acceptors (Lipinski definition) is 5. The highest BCUT2D eigenvalue weighted by molar-refractivity contribution is 9.10. The van der Waals surface area contributed by atoms with Gasteiger partial charge < -0.3 is 19.5 Å². The Hall–Kier alpha value is -2.21. The van der Waals surface area contributed by atoms with E-state index in [1.54, 1.807) is 13.2 Å². The Balaban J connectivity index is 1.84. The molecule has 0 unspecified atom stereocenters. The summed E-state index contributed by atoms with van der Waals surface area (Å²) in [5.41, 5.74) is 3.57. The van der Waals surface area contributed by atoms with Gasteiger partial charge in [-0.1, -0.05) is 29.8 Å². The number of anilines is 1. The van der Waals surface area contributed by atoms with E-state index in [0.29, 0.717) is 12.2 Å². The average Bonchev–Trinajstić information content (AvgIpc) is 2.66. The molecule has 0 aromatic heterocycles. The maximum absolute atomic E-state index is 12.0. The number of esters is 1. The molecule has 0 fully saturated rings. The van der Waals surface area contributed by atoms with E-state index in [2.05, 4.69) is 41.2 Å². The van der Waals surface area contributed by atoms with Gasteiger partial charge in [0, 0.05) is 27.1 Å². The van der Waals surface area contributed by atoms with Crippen LogP contribution in [0.1, 0.15) is 41.4 Å². The lowest BCUT2D eigenvalue weighted by molar-refractivity contribution is 0.0600. The van der Waals surface area contributed by atoms with Gasteiger partial charge in [-0.25, -0.2) is 4.79 Å². The predicted octanol–water partition coefficient (Wildman–Crippen LogP) is 4.70. The van der Waals surface area contributed by atoms with Crippen molar-refractivity contribution in [2.75, 3.05) is 26.1 Å². The number of rotatable bonds is 2. The monoisotopic (exact) mass is 431 g/mol. The zero-order valence-corrected chi connectivity index (χ0v) is 17.3. The molecule has 142 valence electrons. The third kappa shape index (κ3) is 2.78. The van der Waals surface area contributed by atoms with Crippen LogP contribution >= 0.6 is 15.9 Å². The van der Waals surface area contributed by atoms with Gasteiger partial charge in [0.15, 0.2) is 11.5 Å². The van der Waals surface area contributed by atoms with Gasteiger partial charge in [-0.15, -0.1) is 0 Å². The number of ether oxygens (including phenoxy) is 3. The maximum atomic E-state index is 12.0. The van der Waals surface area contributed by atoms with Crippen LogP contribution < -0.4 is 14.8 Å². The van der Waals surface area contributed by atoms with E-state index in [1.165, 1.54) is 7.11 Å². The fourth-order valence-corrected chi connectivity index (χ4v) is 4.69. The second kappa shape index (κ2) is 6.44. The van der Waals surface area contributed by atoms with Crippen molar-refractivity contribution in [3.63, 3.8) is 0 Å². The lowest BCUT2D eigenvalue weighted by Gasteiger charge is -2.48. The second-order valence-electron chi connectivity index (χ2n) is 7.54. The molecule has 0 amide bonds. The Bertz CT molecular complexity index is 925. The first kappa shape index (κ1) is 18.2. The number of benzene rings is 2. The first-order valence-electron chi connectivity index (χ1n) is 8.86. The number of carbonyl (C=O) groups excluding carboxylic acids is 1. The van der Waals surface area contributed by atoms with Gasteiger partial charge in [0.05, 0.1) is 32.4 Å². The van der Waals surface area contributed by atoms with E-state index in [1.807, 2.05) is 18.2 Å². The highest BCUT2D eigenvalue weighted by atomic mass is 79.9. The van der Waals surface area contributed by atoms with Gasteiger partial charge >= 0.3 is 5.97 Å². The molecule has 1 N–H and O–H groups in total. The standard InChI is InChI=1S/C21H22BrNO4/c1-21(2)14-7-11(20(24)26-4)5-6-16(14)23-18-13-8-12(22)9-17(25-3)19(13)27-10-15(18)21/h5-9,15,18,23H,10H2,1-4H3/t15-,18+/m0/s1. The summed E-state index contributed by atoms with van der Waals surface area (Å²) in [4.78, 5) is 12.0. The number of hydrogen-bond donors (Lipinski definition) is 1. The molecule has 2 atom stereocenters. The number of carbonyl (C=O) groups is 1. The van der Waals surface area contributed by atoms with Crippen molar-refractivity contribution in [1.82, 2.24) is 0 Å². The third-order valence-electron chi connectivity index (χ3n) is 5.79. The van der Waals surface area contributed by atoms with E-state index < -0.39 is 0 Å². The topological polar surface area (TPSA) is 56.8 Å². The fraction of sp³-hybridized carbons (Fsp3) is 0.381. The number of nitrogens with one attached hydrogen (secondary N) is 1. The van der Waals surface area contributed by atoms with E-state index in [4.69, 9.17) is 14.2 Å². The van der Waals surface area contributed by atoms with Gasteiger partial charge in [-0.2, -0.15) is 0 Å². The lowest BCUT2D eigenvalue weighted by Crippen LogP contribution is -2.46. The van der Waals surface area contributed by atoms with Gasteiger partial charge in [0.1, 0.15) is 0 Å². The summed E-state index contributed by atoms with van der Waals surface area (Å²) in [6, 6.07) is 9.79. The summed E-state index contributed by atoms with van der Waals surface area (Å²) >= 11 is 3.58. The lowest BCUT2D eigenvalue weighted by atomic mass is 9.65. The van der Waals surface area contributed by atoms with Crippen molar-refractivity contribution in [2.45, 2.75) is 25.3 Å². The molecule has 0 spiro atoms. The number of halogens is 1. The molecule has 6 heteroatoms. The van der Waals surface area contributed by atoms with Crippen LogP contribution in [0, 0.1) is 5.92 Å². The normalized spacial score (nSPS) is 21.7. The van der Waals surface area contributed by atoms with Crippen molar-refractivity contribution >= 4 is 27.6 Å². The molecule has 5 nitrogen and oxygen atoms in total. The van der Waals surface area contributed by atoms with Crippen LogP contribution in [-0.2, 0) is 10.2 Å². The molecule has 0 bridgehead atoms. The zero-order chi connectivity index (χ0) is 19.3. The Morgan fingerprint density at radius 2 is 2.04 bits per heavy atom. The SMILES string of the molecule is COC(=O)c1ccc2c(c1)C(C)(C)[C@H]1COc3c(OC)cc(Br)cc3[C@H]1N2. The average molecular weight is 432 g/mol. The third-order valence-corrected chi connectivity index (χ3v) is 6.24. The summed E-state index contributed by atoms with van der Waals surface area (Å²) in [7, 11) is 3.05. The van der Waals surface area contributed by atoms with E-state index in [9.17, 15) is 4.79 Å². The molecule has 0 saturated carbocycles. The van der Waals surface area contributed by atoms with Crippen LogP contribution in [0.15, 0.2) is 34.8 Å². The molecule has 0 radical (unpaired) electrons. The molecule has 2 aliphatic rings. The van der Waals surface area contributed by atoms with Gasteiger partial charge in [-0.05, 0) is 35.9 Å². The summed E-state index contributed by atoms with van der Waals surface area (Å²) in [5, 5.41) is 3.66. The van der Waals surface area contributed by atoms with Crippen LogP contribution in [0.5, 0.6) is 11.5 Å². The first-order chi connectivity index (χ1) is 12.9. The molecule has 2 aliphatic heterocycles. The molecule has 4 rings (SSSR count). The Morgan fingerprint density at radius 3 is 2.74 bits per heavy atom. The Morgan fingerprint density at radius 1 is 1.26 bits per heavy atom. The molecular formula is C21H22BrNO4. The van der Waals surface area contributed by atoms with Gasteiger partial charge in [0.25, 0.3) is 0 Å². The van der Waals surface area contributed by atoms with E-state index >= 15 is 0 Å². The highest BCUT2D eigenvalue weighted by Crippen LogP contribution is 2.54. The zero-order valence-electron chi connectivity index (χ0n) is 15.8. The van der Waals surface area contributed by atoms with Crippen molar-refractivity contribution in [3.05, 3.63) is 51.5 Å². The summed E-state index contributed by atoms with van der Waals surface area (Å²) in [6.45, 7) is 4.97. The van der Waals surface area contributed by atoms with Crippen molar-refractivity contribution in [1.29, 1.82) is 0 Å². The van der Waals surface area contributed by atoms with E-state index in [-0.39, 0.29) is 23.3 Å². The quantitative estimate of drug-likeness (QED) is 0.698. The molecule has 2 heterocycles. The van der Waals surface area contributed by atoms with E-state index in [0.717, 1.165) is 32.8 Å². The molecule has 2 aromatic rings. The minimum absolute atomic E-state index is 0.0895. The van der Waals surface area contributed by atoms with Gasteiger partial charge in [-0.3, -0.25) is 0 Å². The second-order valence-corrected chi connectivity index (χ2v) is 8.46. The molecule has 2 aromatic carbocycles. The molecule has 0 aliphatic carbocycles. The Kier molecular flexibility index (Phi) is 4.34. The van der Waals surface area contributed by atoms with Crippen molar-refractivity contribution < 1.29 is 19.0 Å². The highest BCUT2D eigenvalue weighted by Gasteiger charge is 2.47. The molecule has 0 saturated heterocycles. The minimum Gasteiger partial charge on any atom is -0.493 e. The predicted molar refractivity (Wildman–Crippen MR) is 107 cm³/mol. The molecular weight excluding hydrogens is 410 g/mol. The van der Waals surface area contributed by atoms with Crippen molar-refractivity contribution in [2.24, 2.45) is 5.92 Å². The largest absolute Gasteiger partial charge is 0.493 e. The summed E-state index contributed by atoms with van der Waals surface area (Å²) in [5.74, 6) is 1.39. The van der Waals surface area contributed by atoms with Crippen molar-refractivity contribution in [3.8, 4) is 11.5 Å². The van der Waals surface area contributed by atoms with Crippen LogP contribution in [0.2, 0.25) is 0 Å². The number of methoxy groups -OCH3 is 2. The first-order valence-corrected chi connectivity index (χ1v) is 9.65. The van der Waals surface area contributed by atoms with Crippen LogP contribution in [0.3, 0.4) is 0 Å².